The molecule has 0 spiro atoms. The topological polar surface area (TPSA) is 174 Å². The normalized spacial score (nSPS) is 44.1. The second kappa shape index (κ2) is 10.3. The number of rotatable bonds is 7. The zero-order chi connectivity index (χ0) is 34.9. The number of fused-ring (bicyclic) bond motifs is 3. The first-order valence-electron chi connectivity index (χ1n) is 16.2. The van der Waals surface area contributed by atoms with E-state index in [1.165, 1.54) is 25.3 Å². The minimum absolute atomic E-state index is 0.0563. The number of phenols is 1. The van der Waals surface area contributed by atoms with Crippen LogP contribution in [0.15, 0.2) is 78.4 Å². The van der Waals surface area contributed by atoms with Crippen LogP contribution in [0.1, 0.15) is 31.9 Å². The van der Waals surface area contributed by atoms with Crippen molar-refractivity contribution in [3.8, 4) is 11.5 Å². The van der Waals surface area contributed by atoms with E-state index in [2.05, 4.69) is 6.58 Å². The molecule has 3 saturated heterocycles. The van der Waals surface area contributed by atoms with E-state index in [0.29, 0.717) is 16.7 Å². The van der Waals surface area contributed by atoms with E-state index in [9.17, 15) is 30.0 Å². The molecule has 3 aliphatic heterocycles. The Labute approximate surface area is 282 Å². The van der Waals surface area contributed by atoms with E-state index in [4.69, 9.17) is 28.4 Å². The molecule has 8 rings (SSSR count). The summed E-state index contributed by atoms with van der Waals surface area (Å²) in [7, 11) is 1.42. The lowest BCUT2D eigenvalue weighted by atomic mass is 9.53. The van der Waals surface area contributed by atoms with E-state index in [-0.39, 0.29) is 17.1 Å². The zero-order valence-electron chi connectivity index (χ0n) is 27.4. The van der Waals surface area contributed by atoms with Crippen LogP contribution in [0.3, 0.4) is 0 Å². The van der Waals surface area contributed by atoms with Crippen LogP contribution in [-0.4, -0.2) is 92.7 Å². The molecule has 2 saturated carbocycles. The van der Waals surface area contributed by atoms with Gasteiger partial charge in [-0.3, -0.25) is 4.79 Å². The number of methoxy groups -OCH3 is 1. The summed E-state index contributed by atoms with van der Waals surface area (Å²) in [4.78, 5) is 27.6. The highest BCUT2D eigenvalue weighted by Gasteiger charge is 2.90. The number of carbonyl (C=O) groups excluding carboxylic acids is 2. The van der Waals surface area contributed by atoms with Crippen molar-refractivity contribution in [2.24, 2.45) is 17.8 Å². The number of ether oxygens (including phenoxy) is 6. The molecule has 3 bridgehead atoms. The van der Waals surface area contributed by atoms with Gasteiger partial charge in [0, 0.05) is 29.4 Å². The number of aromatic hydroxyl groups is 1. The smallest absolute Gasteiger partial charge is 0.331 e. The Hall–Kier alpha value is -3.88. The Morgan fingerprint density at radius 2 is 1.84 bits per heavy atom. The molecule has 3 aliphatic carbocycles. The summed E-state index contributed by atoms with van der Waals surface area (Å²) < 4.78 is 38.5. The third-order valence-corrected chi connectivity index (χ3v) is 11.7. The van der Waals surface area contributed by atoms with Crippen molar-refractivity contribution in [1.82, 2.24) is 0 Å². The average Bonchev–Trinajstić information content (AvgIpc) is 3.72. The number of carbonyl (C=O) groups is 2. The van der Waals surface area contributed by atoms with Gasteiger partial charge in [-0.15, -0.1) is 0 Å². The minimum atomic E-state index is -2.46. The SMILES string of the molecule is C=C(C)C12OC3(c4ccccc4)OC1C1C4OC4(CO)C(O)C4(O)C(=O)C(C)=CC4C1(O3)C(C)C2OC(=O)C=Cc1ccc(O)c(OC)c1. The number of esters is 1. The van der Waals surface area contributed by atoms with E-state index in [1.54, 1.807) is 63.2 Å². The molecule has 12 heteroatoms. The molecule has 0 amide bonds. The summed E-state index contributed by atoms with van der Waals surface area (Å²) in [5.74, 6) is -6.08. The lowest BCUT2D eigenvalue weighted by Gasteiger charge is -2.61. The highest BCUT2D eigenvalue weighted by atomic mass is 16.9. The molecule has 49 heavy (non-hydrogen) atoms. The van der Waals surface area contributed by atoms with E-state index >= 15 is 0 Å². The van der Waals surface area contributed by atoms with Gasteiger partial charge >= 0.3 is 11.9 Å². The molecule has 4 N–H and O–H groups in total. The molecule has 0 aromatic heterocycles. The quantitative estimate of drug-likeness (QED) is 0.146. The monoisotopic (exact) mass is 674 g/mol. The predicted molar refractivity (Wildman–Crippen MR) is 170 cm³/mol. The molecular formula is C37H38O12. The molecule has 0 radical (unpaired) electrons. The standard InChI is InChI=1S/C37H38O12/c1-18(2)35-29(45-26(40)14-12-21-11-13-23(39)24(16-21)44-5)20(4)36-25-15-19(3)28(41)34(25,43)32(42)33(17-38)30(46-33)27(36)31(35)47-37(48-35,49-36)22-9-7-6-8-10-22/h6-16,20,25,27,29-32,38-39,42-43H,1,17H2,2-5H3. The Morgan fingerprint density at radius 3 is 2.51 bits per heavy atom. The summed E-state index contributed by atoms with van der Waals surface area (Å²) >= 11 is 0. The van der Waals surface area contributed by atoms with Crippen LogP contribution in [0, 0.1) is 17.8 Å². The van der Waals surface area contributed by atoms with Gasteiger partial charge in [0.25, 0.3) is 0 Å². The van der Waals surface area contributed by atoms with E-state index in [0.717, 1.165) is 0 Å². The lowest BCUT2D eigenvalue weighted by Crippen LogP contribution is -2.76. The Balaban J connectivity index is 1.31. The van der Waals surface area contributed by atoms with Gasteiger partial charge < -0.3 is 48.8 Å². The van der Waals surface area contributed by atoms with Crippen molar-refractivity contribution in [3.05, 3.63) is 89.5 Å². The maximum Gasteiger partial charge on any atom is 0.331 e. The second-order valence-corrected chi connectivity index (χ2v) is 14.1. The third-order valence-electron chi connectivity index (χ3n) is 11.7. The predicted octanol–water partition coefficient (Wildman–Crippen LogP) is 2.28. The average molecular weight is 675 g/mol. The maximum atomic E-state index is 13.9. The molecule has 6 aliphatic rings. The summed E-state index contributed by atoms with van der Waals surface area (Å²) in [5.41, 5.74) is -5.64. The van der Waals surface area contributed by atoms with Gasteiger partial charge in [-0.1, -0.05) is 56.0 Å². The fourth-order valence-electron chi connectivity index (χ4n) is 9.44. The highest BCUT2D eigenvalue weighted by Crippen LogP contribution is 2.74. The molecule has 12 unspecified atom stereocenters. The third kappa shape index (κ3) is 3.82. The number of Topliss-reactive ketones (excluding diaryl/α,β-unsaturated/α-hetero) is 1. The number of aliphatic hydroxyl groups excluding tert-OH is 2. The van der Waals surface area contributed by atoms with Crippen molar-refractivity contribution in [3.63, 3.8) is 0 Å². The van der Waals surface area contributed by atoms with Crippen LogP contribution < -0.4 is 4.74 Å². The van der Waals surface area contributed by atoms with Crippen molar-refractivity contribution in [2.45, 2.75) is 73.6 Å². The molecule has 3 heterocycles. The van der Waals surface area contributed by atoms with E-state index < -0.39 is 88.9 Å². The van der Waals surface area contributed by atoms with Gasteiger partial charge in [-0.25, -0.2) is 4.79 Å². The first-order chi connectivity index (χ1) is 23.3. The van der Waals surface area contributed by atoms with Gasteiger partial charge in [0.2, 0.25) is 0 Å². The van der Waals surface area contributed by atoms with Crippen molar-refractivity contribution < 1.29 is 58.4 Å². The van der Waals surface area contributed by atoms with Gasteiger partial charge in [-0.05, 0) is 48.8 Å². The first kappa shape index (κ1) is 32.3. The van der Waals surface area contributed by atoms with E-state index in [1.807, 2.05) is 6.07 Å². The lowest BCUT2D eigenvalue weighted by molar-refractivity contribution is -0.440. The van der Waals surface area contributed by atoms with Gasteiger partial charge in [-0.2, -0.15) is 0 Å². The van der Waals surface area contributed by atoms with Crippen LogP contribution in [0.5, 0.6) is 11.5 Å². The molecule has 258 valence electrons. The van der Waals surface area contributed by atoms with Gasteiger partial charge in [0.1, 0.15) is 30.0 Å². The largest absolute Gasteiger partial charge is 0.504 e. The minimum Gasteiger partial charge on any atom is -0.504 e. The number of phenolic OH excluding ortho intramolecular Hbond substituents is 1. The van der Waals surface area contributed by atoms with Crippen LogP contribution in [-0.2, 0) is 39.2 Å². The van der Waals surface area contributed by atoms with Crippen molar-refractivity contribution in [2.75, 3.05) is 13.7 Å². The maximum absolute atomic E-state index is 13.9. The molecule has 2 aromatic rings. The fraction of sp³-hybridized carbons (Fsp3) is 0.459. The summed E-state index contributed by atoms with van der Waals surface area (Å²) in [6.45, 7) is 8.68. The number of ketones is 1. The Morgan fingerprint density at radius 1 is 1.10 bits per heavy atom. The van der Waals surface area contributed by atoms with Crippen molar-refractivity contribution >= 4 is 17.8 Å². The van der Waals surface area contributed by atoms with Crippen molar-refractivity contribution in [1.29, 1.82) is 0 Å². The van der Waals surface area contributed by atoms with Crippen LogP contribution in [0.2, 0.25) is 0 Å². The summed E-state index contributed by atoms with van der Waals surface area (Å²) in [5, 5.41) is 45.0. The number of benzene rings is 2. The highest BCUT2D eigenvalue weighted by molar-refractivity contribution is 6.05. The molecule has 2 aromatic carbocycles. The Bertz CT molecular complexity index is 1840. The van der Waals surface area contributed by atoms with Crippen LogP contribution in [0.4, 0.5) is 0 Å². The van der Waals surface area contributed by atoms with Gasteiger partial charge in [0.15, 0.2) is 28.5 Å². The number of hydrogen-bond donors (Lipinski definition) is 4. The summed E-state index contributed by atoms with van der Waals surface area (Å²) in [6, 6.07) is 13.5. The van der Waals surface area contributed by atoms with Crippen LogP contribution >= 0.6 is 0 Å². The molecule has 12 atom stereocenters. The number of epoxide rings is 1. The molecular weight excluding hydrogens is 636 g/mol. The molecule has 12 nitrogen and oxygen atoms in total. The first-order valence-corrected chi connectivity index (χ1v) is 16.2. The number of aliphatic hydroxyl groups is 3. The van der Waals surface area contributed by atoms with Crippen LogP contribution in [0.25, 0.3) is 6.08 Å². The molecule has 5 fully saturated rings. The summed E-state index contributed by atoms with van der Waals surface area (Å²) in [6.07, 6.45) is -0.587. The Kier molecular flexibility index (Phi) is 6.82. The fourth-order valence-corrected chi connectivity index (χ4v) is 9.44. The number of hydrogen-bond acceptors (Lipinski definition) is 12. The zero-order valence-corrected chi connectivity index (χ0v) is 27.4. The second-order valence-electron chi connectivity index (χ2n) is 14.1. The van der Waals surface area contributed by atoms with Gasteiger partial charge in [0.05, 0.1) is 19.3 Å².